The molecule has 1 aliphatic heterocycles. The maximum absolute atomic E-state index is 14.1. The van der Waals surface area contributed by atoms with Crippen molar-refractivity contribution < 1.29 is 9.18 Å². The van der Waals surface area contributed by atoms with Crippen LogP contribution in [-0.2, 0) is 0 Å². The number of rotatable bonds is 4. The van der Waals surface area contributed by atoms with Crippen molar-refractivity contribution in [1.82, 2.24) is 15.2 Å². The standard InChI is InChI=1S/C21H20FN5O/c1-14-4-5-18(13-23-14)24-21(28)16-10-15(11-17(22)12-16)19-6-7-20(26-25-19)27-8-2-3-9-27/h4-7,10-13H,2-3,8-9H2,1H3,(H,24,28). The van der Waals surface area contributed by atoms with Gasteiger partial charge in [0.05, 0.1) is 17.6 Å². The predicted molar refractivity (Wildman–Crippen MR) is 106 cm³/mol. The summed E-state index contributed by atoms with van der Waals surface area (Å²) in [6.45, 7) is 3.82. The molecule has 7 heteroatoms. The van der Waals surface area contributed by atoms with Crippen LogP contribution in [0.3, 0.4) is 0 Å². The van der Waals surface area contributed by atoms with Crippen molar-refractivity contribution in [3.8, 4) is 11.3 Å². The highest BCUT2D eigenvalue weighted by Crippen LogP contribution is 2.23. The second kappa shape index (κ2) is 7.72. The normalized spacial score (nSPS) is 13.6. The summed E-state index contributed by atoms with van der Waals surface area (Å²) in [7, 11) is 0. The van der Waals surface area contributed by atoms with Crippen molar-refractivity contribution >= 4 is 17.4 Å². The van der Waals surface area contributed by atoms with E-state index < -0.39 is 11.7 Å². The van der Waals surface area contributed by atoms with Gasteiger partial charge in [-0.05, 0) is 62.2 Å². The molecule has 1 aromatic carbocycles. The first-order valence-electron chi connectivity index (χ1n) is 9.22. The molecular weight excluding hydrogens is 357 g/mol. The number of nitrogens with one attached hydrogen (secondary N) is 1. The Kier molecular flexibility index (Phi) is 4.97. The lowest BCUT2D eigenvalue weighted by atomic mass is 10.1. The van der Waals surface area contributed by atoms with Gasteiger partial charge in [-0.25, -0.2) is 4.39 Å². The van der Waals surface area contributed by atoms with Crippen molar-refractivity contribution in [2.24, 2.45) is 0 Å². The average molecular weight is 377 g/mol. The largest absolute Gasteiger partial charge is 0.355 e. The van der Waals surface area contributed by atoms with Gasteiger partial charge in [-0.15, -0.1) is 10.2 Å². The smallest absolute Gasteiger partial charge is 0.255 e. The van der Waals surface area contributed by atoms with Gasteiger partial charge in [0.2, 0.25) is 0 Å². The van der Waals surface area contributed by atoms with Crippen LogP contribution in [0.4, 0.5) is 15.9 Å². The van der Waals surface area contributed by atoms with Crippen LogP contribution in [0.15, 0.2) is 48.7 Å². The molecule has 4 rings (SSSR count). The molecular formula is C21H20FN5O. The van der Waals surface area contributed by atoms with Gasteiger partial charge < -0.3 is 10.2 Å². The number of hydrogen-bond acceptors (Lipinski definition) is 5. The van der Waals surface area contributed by atoms with Gasteiger partial charge in [0.1, 0.15) is 5.82 Å². The number of anilines is 2. The van der Waals surface area contributed by atoms with E-state index in [0.717, 1.165) is 37.4 Å². The highest BCUT2D eigenvalue weighted by Gasteiger charge is 2.15. The van der Waals surface area contributed by atoms with Gasteiger partial charge in [-0.2, -0.15) is 0 Å². The molecule has 1 saturated heterocycles. The summed E-state index contributed by atoms with van der Waals surface area (Å²) in [5.41, 5.74) is 2.64. The zero-order valence-electron chi connectivity index (χ0n) is 15.5. The lowest BCUT2D eigenvalue weighted by molar-refractivity contribution is 0.102. The Bertz CT molecular complexity index is 983. The summed E-state index contributed by atoms with van der Waals surface area (Å²) < 4.78 is 14.1. The molecule has 28 heavy (non-hydrogen) atoms. The number of hydrogen-bond donors (Lipinski definition) is 1. The fraction of sp³-hybridized carbons (Fsp3) is 0.238. The van der Waals surface area contributed by atoms with Crippen molar-refractivity contribution in [2.75, 3.05) is 23.3 Å². The Morgan fingerprint density at radius 3 is 2.57 bits per heavy atom. The highest BCUT2D eigenvalue weighted by atomic mass is 19.1. The van der Waals surface area contributed by atoms with E-state index in [4.69, 9.17) is 0 Å². The molecule has 1 aliphatic rings. The number of benzene rings is 1. The molecule has 0 unspecified atom stereocenters. The molecule has 1 amide bonds. The van der Waals surface area contributed by atoms with Crippen molar-refractivity contribution in [3.05, 3.63) is 65.7 Å². The van der Waals surface area contributed by atoms with Gasteiger partial charge >= 0.3 is 0 Å². The molecule has 0 radical (unpaired) electrons. The predicted octanol–water partition coefficient (Wildman–Crippen LogP) is 3.84. The van der Waals surface area contributed by atoms with Crippen LogP contribution >= 0.6 is 0 Å². The van der Waals surface area contributed by atoms with Crippen LogP contribution in [-0.4, -0.2) is 34.2 Å². The molecule has 0 bridgehead atoms. The Morgan fingerprint density at radius 1 is 1.07 bits per heavy atom. The quantitative estimate of drug-likeness (QED) is 0.748. The topological polar surface area (TPSA) is 71.0 Å². The number of carbonyl (C=O) groups is 1. The van der Waals surface area contributed by atoms with Gasteiger partial charge in [0.15, 0.2) is 5.82 Å². The first kappa shape index (κ1) is 18.0. The molecule has 0 saturated carbocycles. The number of aryl methyl sites for hydroxylation is 1. The van der Waals surface area contributed by atoms with Crippen molar-refractivity contribution in [3.63, 3.8) is 0 Å². The first-order valence-corrected chi connectivity index (χ1v) is 9.22. The first-order chi connectivity index (χ1) is 13.6. The summed E-state index contributed by atoms with van der Waals surface area (Å²) in [6, 6.07) is 11.4. The van der Waals surface area contributed by atoms with Crippen LogP contribution in [0.1, 0.15) is 28.9 Å². The fourth-order valence-corrected chi connectivity index (χ4v) is 3.21. The van der Waals surface area contributed by atoms with E-state index in [9.17, 15) is 9.18 Å². The Hall–Kier alpha value is -3.35. The number of carbonyl (C=O) groups excluding carboxylic acids is 1. The van der Waals surface area contributed by atoms with E-state index >= 15 is 0 Å². The number of halogens is 1. The lowest BCUT2D eigenvalue weighted by Crippen LogP contribution is -2.19. The van der Waals surface area contributed by atoms with E-state index in [1.165, 1.54) is 12.1 Å². The molecule has 1 fully saturated rings. The third kappa shape index (κ3) is 3.98. The minimum atomic E-state index is -0.505. The maximum Gasteiger partial charge on any atom is 0.255 e. The van der Waals surface area contributed by atoms with E-state index in [1.54, 1.807) is 30.5 Å². The third-order valence-corrected chi connectivity index (χ3v) is 4.71. The van der Waals surface area contributed by atoms with Gasteiger partial charge in [-0.1, -0.05) is 0 Å². The van der Waals surface area contributed by atoms with E-state index in [-0.39, 0.29) is 5.56 Å². The summed E-state index contributed by atoms with van der Waals surface area (Å²) in [6.07, 6.45) is 3.88. The summed E-state index contributed by atoms with van der Waals surface area (Å²) in [5.74, 6) is -0.0920. The Labute approximate surface area is 162 Å². The SMILES string of the molecule is Cc1ccc(NC(=O)c2cc(F)cc(-c3ccc(N4CCCC4)nn3)c2)cn1. The Morgan fingerprint density at radius 2 is 1.89 bits per heavy atom. The maximum atomic E-state index is 14.1. The zero-order chi connectivity index (χ0) is 19.5. The molecule has 6 nitrogen and oxygen atoms in total. The van der Waals surface area contributed by atoms with Crippen molar-refractivity contribution in [2.45, 2.75) is 19.8 Å². The molecule has 3 aromatic rings. The second-order valence-corrected chi connectivity index (χ2v) is 6.84. The minimum Gasteiger partial charge on any atom is -0.355 e. The number of nitrogens with zero attached hydrogens (tertiary/aromatic N) is 4. The number of pyridine rings is 1. The van der Waals surface area contributed by atoms with Crippen LogP contribution in [0.5, 0.6) is 0 Å². The van der Waals surface area contributed by atoms with Gasteiger partial charge in [0, 0.05) is 29.9 Å². The van der Waals surface area contributed by atoms with E-state index in [0.29, 0.717) is 16.9 Å². The van der Waals surface area contributed by atoms with E-state index in [2.05, 4.69) is 25.4 Å². The molecule has 0 atom stereocenters. The molecule has 0 spiro atoms. The van der Waals surface area contributed by atoms with Crippen LogP contribution in [0.25, 0.3) is 11.3 Å². The molecule has 2 aromatic heterocycles. The monoisotopic (exact) mass is 377 g/mol. The molecule has 142 valence electrons. The average Bonchev–Trinajstić information content (AvgIpc) is 3.24. The third-order valence-electron chi connectivity index (χ3n) is 4.71. The summed E-state index contributed by atoms with van der Waals surface area (Å²) in [4.78, 5) is 18.8. The van der Waals surface area contributed by atoms with Crippen LogP contribution in [0, 0.1) is 12.7 Å². The van der Waals surface area contributed by atoms with Gasteiger partial charge in [0.25, 0.3) is 5.91 Å². The summed E-state index contributed by atoms with van der Waals surface area (Å²) in [5, 5.41) is 11.2. The van der Waals surface area contributed by atoms with Crippen LogP contribution in [0.2, 0.25) is 0 Å². The second-order valence-electron chi connectivity index (χ2n) is 6.84. The minimum absolute atomic E-state index is 0.209. The molecule has 1 N–H and O–H groups in total. The Balaban J connectivity index is 1.56. The highest BCUT2D eigenvalue weighted by molar-refractivity contribution is 6.04. The van der Waals surface area contributed by atoms with E-state index in [1.807, 2.05) is 13.0 Å². The number of amides is 1. The number of aromatic nitrogens is 3. The van der Waals surface area contributed by atoms with Gasteiger partial charge in [-0.3, -0.25) is 9.78 Å². The summed E-state index contributed by atoms with van der Waals surface area (Å²) >= 11 is 0. The van der Waals surface area contributed by atoms with Crippen molar-refractivity contribution in [1.29, 1.82) is 0 Å². The molecule has 0 aliphatic carbocycles. The molecule has 3 heterocycles. The van der Waals surface area contributed by atoms with Crippen LogP contribution < -0.4 is 10.2 Å². The zero-order valence-corrected chi connectivity index (χ0v) is 15.5. The fourth-order valence-electron chi connectivity index (χ4n) is 3.21. The lowest BCUT2D eigenvalue weighted by Gasteiger charge is -2.15.